The Hall–Kier alpha value is -1.11. The Morgan fingerprint density at radius 1 is 1.40 bits per heavy atom. The smallest absolute Gasteiger partial charge is 0.191 e. The Balaban J connectivity index is 1.74. The molecule has 0 aliphatic carbocycles. The summed E-state index contributed by atoms with van der Waals surface area (Å²) < 4.78 is 5.90. The Bertz CT molecular complexity index is 543. The highest BCUT2D eigenvalue weighted by molar-refractivity contribution is 7.11. The molecule has 2 unspecified atom stereocenters. The summed E-state index contributed by atoms with van der Waals surface area (Å²) in [6.07, 6.45) is 1.24. The summed E-state index contributed by atoms with van der Waals surface area (Å²) in [5.74, 6) is 1.55. The molecule has 0 spiro atoms. The molecule has 0 bridgehead atoms. The van der Waals surface area contributed by atoms with Crippen molar-refractivity contribution in [2.45, 2.75) is 46.3 Å². The number of morpholine rings is 1. The van der Waals surface area contributed by atoms with Crippen LogP contribution in [0.5, 0.6) is 0 Å². The minimum atomic E-state index is 0.223. The number of nitrogens with zero attached hydrogens (tertiary/aromatic N) is 2. The van der Waals surface area contributed by atoms with Gasteiger partial charge in [-0.2, -0.15) is 0 Å². The lowest BCUT2D eigenvalue weighted by atomic mass is 10.2. The Morgan fingerprint density at radius 2 is 2.20 bits per heavy atom. The van der Waals surface area contributed by atoms with Crippen molar-refractivity contribution in [2.24, 2.45) is 10.9 Å². The predicted octanol–water partition coefficient (Wildman–Crippen LogP) is 2.51. The third kappa shape index (κ3) is 7.34. The largest absolute Gasteiger partial charge is 0.374 e. The average Bonchev–Trinajstić information content (AvgIpc) is 2.96. The van der Waals surface area contributed by atoms with Crippen molar-refractivity contribution in [1.82, 2.24) is 15.5 Å². The number of guanidine groups is 1. The predicted molar refractivity (Wildman–Crippen MR) is 108 cm³/mol. The fourth-order valence-electron chi connectivity index (χ4n) is 3.17. The van der Waals surface area contributed by atoms with Crippen molar-refractivity contribution in [1.29, 1.82) is 0 Å². The molecule has 0 saturated carbocycles. The first-order valence-electron chi connectivity index (χ1n) is 9.32. The standard InChI is InChI=1S/C19H34N4OS/c1-14(2)12-23-8-9-24-17(13-23)11-21-19(20-5)22-15(3)10-18-7-6-16(4)25-18/h6-7,14-15,17H,8-13H2,1-5H3,(H2,20,21,22). The van der Waals surface area contributed by atoms with Crippen LogP contribution in [-0.4, -0.2) is 62.8 Å². The molecule has 2 heterocycles. The number of rotatable bonds is 7. The number of nitrogens with one attached hydrogen (secondary N) is 2. The molecule has 2 rings (SSSR count). The average molecular weight is 367 g/mol. The summed E-state index contributed by atoms with van der Waals surface area (Å²) in [5.41, 5.74) is 0. The van der Waals surface area contributed by atoms with Gasteiger partial charge in [0.2, 0.25) is 0 Å². The zero-order valence-corrected chi connectivity index (χ0v) is 17.2. The minimum absolute atomic E-state index is 0.223. The van der Waals surface area contributed by atoms with E-state index in [2.05, 4.69) is 60.4 Å². The summed E-state index contributed by atoms with van der Waals surface area (Å²) in [6.45, 7) is 13.7. The van der Waals surface area contributed by atoms with Crippen LogP contribution in [0.3, 0.4) is 0 Å². The molecule has 0 aromatic carbocycles. The summed E-state index contributed by atoms with van der Waals surface area (Å²) >= 11 is 1.87. The second-order valence-corrected chi connectivity index (χ2v) is 8.73. The van der Waals surface area contributed by atoms with Gasteiger partial charge in [0, 0.05) is 55.4 Å². The SMILES string of the molecule is CN=C(NCC1CN(CC(C)C)CCO1)NC(C)Cc1ccc(C)s1. The van der Waals surface area contributed by atoms with E-state index in [1.165, 1.54) is 9.75 Å². The van der Waals surface area contributed by atoms with E-state index >= 15 is 0 Å². The van der Waals surface area contributed by atoms with Crippen LogP contribution in [0.4, 0.5) is 0 Å². The van der Waals surface area contributed by atoms with Crippen LogP contribution in [0.2, 0.25) is 0 Å². The van der Waals surface area contributed by atoms with Gasteiger partial charge in [0.15, 0.2) is 5.96 Å². The lowest BCUT2D eigenvalue weighted by molar-refractivity contribution is -0.0284. The summed E-state index contributed by atoms with van der Waals surface area (Å²) in [7, 11) is 1.82. The fraction of sp³-hybridized carbons (Fsp3) is 0.737. The summed E-state index contributed by atoms with van der Waals surface area (Å²) in [5, 5.41) is 6.91. The van der Waals surface area contributed by atoms with Gasteiger partial charge >= 0.3 is 0 Å². The van der Waals surface area contributed by atoms with Gasteiger partial charge in [-0.15, -0.1) is 11.3 Å². The molecule has 1 aliphatic rings. The fourth-order valence-corrected chi connectivity index (χ4v) is 4.19. The van der Waals surface area contributed by atoms with Gasteiger partial charge in [0.1, 0.15) is 0 Å². The van der Waals surface area contributed by atoms with Gasteiger partial charge in [0.05, 0.1) is 12.7 Å². The Kier molecular flexibility index (Phi) is 8.19. The van der Waals surface area contributed by atoms with Gasteiger partial charge < -0.3 is 15.4 Å². The third-order valence-electron chi connectivity index (χ3n) is 4.25. The van der Waals surface area contributed by atoms with Crippen molar-refractivity contribution in [3.05, 3.63) is 21.9 Å². The van der Waals surface area contributed by atoms with Crippen molar-refractivity contribution >= 4 is 17.3 Å². The molecule has 5 nitrogen and oxygen atoms in total. The topological polar surface area (TPSA) is 48.9 Å². The van der Waals surface area contributed by atoms with E-state index in [1.807, 2.05) is 18.4 Å². The molecule has 25 heavy (non-hydrogen) atoms. The normalized spacial score (nSPS) is 20.7. The highest BCUT2D eigenvalue weighted by atomic mass is 32.1. The van der Waals surface area contributed by atoms with Gasteiger partial charge in [-0.3, -0.25) is 9.89 Å². The zero-order chi connectivity index (χ0) is 18.2. The maximum atomic E-state index is 5.90. The first-order chi connectivity index (χ1) is 12.0. The van der Waals surface area contributed by atoms with Crippen LogP contribution < -0.4 is 10.6 Å². The van der Waals surface area contributed by atoms with Crippen molar-refractivity contribution in [2.75, 3.05) is 39.8 Å². The molecule has 1 saturated heterocycles. The highest BCUT2D eigenvalue weighted by Crippen LogP contribution is 2.16. The lowest BCUT2D eigenvalue weighted by Crippen LogP contribution is -2.51. The molecule has 1 aromatic heterocycles. The molecule has 2 N–H and O–H groups in total. The van der Waals surface area contributed by atoms with E-state index in [0.717, 1.165) is 45.2 Å². The number of hydrogen-bond donors (Lipinski definition) is 2. The van der Waals surface area contributed by atoms with Gasteiger partial charge in [-0.05, 0) is 31.9 Å². The minimum Gasteiger partial charge on any atom is -0.374 e. The number of ether oxygens (including phenoxy) is 1. The van der Waals surface area contributed by atoms with Gasteiger partial charge in [0.25, 0.3) is 0 Å². The molecule has 0 radical (unpaired) electrons. The van der Waals surface area contributed by atoms with E-state index < -0.39 is 0 Å². The second kappa shape index (κ2) is 10.1. The summed E-state index contributed by atoms with van der Waals surface area (Å²) in [4.78, 5) is 9.63. The number of aryl methyl sites for hydroxylation is 1. The Morgan fingerprint density at radius 3 is 2.84 bits per heavy atom. The van der Waals surface area contributed by atoms with Crippen LogP contribution in [-0.2, 0) is 11.2 Å². The van der Waals surface area contributed by atoms with Gasteiger partial charge in [-0.25, -0.2) is 0 Å². The molecule has 6 heteroatoms. The van der Waals surface area contributed by atoms with E-state index in [4.69, 9.17) is 4.74 Å². The molecule has 142 valence electrons. The van der Waals surface area contributed by atoms with E-state index in [-0.39, 0.29) is 6.10 Å². The first kappa shape index (κ1) is 20.2. The summed E-state index contributed by atoms with van der Waals surface area (Å²) in [6, 6.07) is 4.74. The maximum absolute atomic E-state index is 5.90. The van der Waals surface area contributed by atoms with Crippen LogP contribution in [0, 0.1) is 12.8 Å². The zero-order valence-electron chi connectivity index (χ0n) is 16.3. The lowest BCUT2D eigenvalue weighted by Gasteiger charge is -2.34. The third-order valence-corrected chi connectivity index (χ3v) is 5.28. The van der Waals surface area contributed by atoms with Crippen LogP contribution in [0.25, 0.3) is 0 Å². The van der Waals surface area contributed by atoms with Crippen molar-refractivity contribution in [3.63, 3.8) is 0 Å². The second-order valence-electron chi connectivity index (χ2n) is 7.36. The quantitative estimate of drug-likeness (QED) is 0.575. The molecule has 1 aliphatic heterocycles. The Labute approximate surface area is 156 Å². The number of hydrogen-bond acceptors (Lipinski definition) is 4. The molecule has 2 atom stereocenters. The van der Waals surface area contributed by atoms with Crippen molar-refractivity contribution in [3.8, 4) is 0 Å². The molecular weight excluding hydrogens is 332 g/mol. The first-order valence-corrected chi connectivity index (χ1v) is 10.1. The molecular formula is C19H34N4OS. The molecule has 1 aromatic rings. The highest BCUT2D eigenvalue weighted by Gasteiger charge is 2.21. The number of aliphatic imine (C=N–C) groups is 1. The van der Waals surface area contributed by atoms with Crippen molar-refractivity contribution < 1.29 is 4.74 Å². The van der Waals surface area contributed by atoms with Crippen LogP contribution >= 0.6 is 11.3 Å². The van der Waals surface area contributed by atoms with Gasteiger partial charge in [-0.1, -0.05) is 13.8 Å². The number of thiophene rings is 1. The van der Waals surface area contributed by atoms with E-state index in [9.17, 15) is 0 Å². The van der Waals surface area contributed by atoms with Crippen LogP contribution in [0.1, 0.15) is 30.5 Å². The van der Waals surface area contributed by atoms with Crippen LogP contribution in [0.15, 0.2) is 17.1 Å². The van der Waals surface area contributed by atoms with E-state index in [1.54, 1.807) is 0 Å². The maximum Gasteiger partial charge on any atom is 0.191 e. The monoisotopic (exact) mass is 366 g/mol. The molecule has 0 amide bonds. The molecule has 1 fully saturated rings. The van der Waals surface area contributed by atoms with E-state index in [0.29, 0.717) is 12.0 Å².